The summed E-state index contributed by atoms with van der Waals surface area (Å²) in [5.41, 5.74) is 7.98. The van der Waals surface area contributed by atoms with Crippen LogP contribution in [0.5, 0.6) is 6.01 Å². The minimum absolute atomic E-state index is 0.320. The Bertz CT molecular complexity index is 546. The number of aryl methyl sites for hydroxylation is 1. The number of hydrogen-bond acceptors (Lipinski definition) is 5. The van der Waals surface area contributed by atoms with Gasteiger partial charge in [-0.05, 0) is 18.7 Å². The normalized spacial score (nSPS) is 10.3. The summed E-state index contributed by atoms with van der Waals surface area (Å²) in [5.74, 6) is 0.425. The number of nitrogens with zero attached hydrogens (tertiary/aromatic N) is 2. The number of rotatable bonds is 4. The molecule has 0 saturated carbocycles. The van der Waals surface area contributed by atoms with E-state index in [4.69, 9.17) is 10.5 Å². The molecule has 4 nitrogen and oxygen atoms in total. The lowest BCUT2D eigenvalue weighted by atomic mass is 10.1. The van der Waals surface area contributed by atoms with E-state index in [0.717, 1.165) is 10.6 Å². The van der Waals surface area contributed by atoms with E-state index in [1.54, 1.807) is 6.07 Å². The molecule has 0 bridgehead atoms. The monoisotopic (exact) mass is 261 g/mol. The highest BCUT2D eigenvalue weighted by atomic mass is 32.2. The molecular formula is C13H15N3OS. The van der Waals surface area contributed by atoms with Crippen molar-refractivity contribution in [2.24, 2.45) is 0 Å². The Morgan fingerprint density at radius 2 is 2.11 bits per heavy atom. The van der Waals surface area contributed by atoms with E-state index in [-0.39, 0.29) is 0 Å². The summed E-state index contributed by atoms with van der Waals surface area (Å²) in [4.78, 5) is 8.29. The molecule has 18 heavy (non-hydrogen) atoms. The average molecular weight is 261 g/mol. The van der Waals surface area contributed by atoms with Crippen LogP contribution in [0.15, 0.2) is 35.4 Å². The van der Waals surface area contributed by atoms with Gasteiger partial charge in [-0.3, -0.25) is 0 Å². The molecule has 2 N–H and O–H groups in total. The largest absolute Gasteiger partial charge is 0.459 e. The van der Waals surface area contributed by atoms with E-state index in [9.17, 15) is 0 Å². The number of anilines is 1. The van der Waals surface area contributed by atoms with Crippen molar-refractivity contribution in [1.82, 2.24) is 9.97 Å². The third kappa shape index (κ3) is 3.37. The first-order valence-corrected chi connectivity index (χ1v) is 6.77. The molecule has 1 aromatic carbocycles. The second-order valence-electron chi connectivity index (χ2n) is 3.90. The molecule has 0 radical (unpaired) electrons. The van der Waals surface area contributed by atoms with Gasteiger partial charge in [0.2, 0.25) is 0 Å². The molecule has 0 unspecified atom stereocenters. The van der Waals surface area contributed by atoms with Gasteiger partial charge in [0.15, 0.2) is 0 Å². The van der Waals surface area contributed by atoms with Crippen LogP contribution in [0, 0.1) is 6.92 Å². The molecule has 0 amide bonds. The molecule has 2 aromatic rings. The van der Waals surface area contributed by atoms with Gasteiger partial charge in [-0.2, -0.15) is 9.97 Å². The zero-order valence-electron chi connectivity index (χ0n) is 10.4. The minimum Gasteiger partial charge on any atom is -0.459 e. The van der Waals surface area contributed by atoms with Crippen molar-refractivity contribution in [3.8, 4) is 6.01 Å². The van der Waals surface area contributed by atoms with Crippen LogP contribution in [-0.4, -0.2) is 16.2 Å². The first kappa shape index (κ1) is 12.7. The van der Waals surface area contributed by atoms with Crippen molar-refractivity contribution in [1.29, 1.82) is 0 Å². The van der Waals surface area contributed by atoms with Crippen LogP contribution in [0.4, 0.5) is 5.82 Å². The van der Waals surface area contributed by atoms with Gasteiger partial charge in [-0.25, -0.2) is 0 Å². The third-order valence-electron chi connectivity index (χ3n) is 2.36. The fraction of sp³-hybridized carbons (Fsp3) is 0.231. The summed E-state index contributed by atoms with van der Waals surface area (Å²) in [6, 6.07) is 10.2. The molecule has 0 saturated heterocycles. The highest BCUT2D eigenvalue weighted by Gasteiger charge is 2.03. The topological polar surface area (TPSA) is 61.0 Å². The summed E-state index contributed by atoms with van der Waals surface area (Å²) in [6.07, 6.45) is 1.94. The summed E-state index contributed by atoms with van der Waals surface area (Å²) in [7, 11) is 0. The highest BCUT2D eigenvalue weighted by molar-refractivity contribution is 7.98. The number of thioether (sulfide) groups is 1. The molecule has 5 heteroatoms. The molecule has 0 fully saturated rings. The molecule has 0 aliphatic carbocycles. The van der Waals surface area contributed by atoms with Crippen LogP contribution in [0.25, 0.3) is 0 Å². The quantitative estimate of drug-likeness (QED) is 0.677. The maximum absolute atomic E-state index is 5.68. The van der Waals surface area contributed by atoms with E-state index in [2.05, 4.69) is 16.0 Å². The highest BCUT2D eigenvalue weighted by Crippen LogP contribution is 2.18. The molecule has 0 atom stereocenters. The van der Waals surface area contributed by atoms with Crippen molar-refractivity contribution < 1.29 is 4.74 Å². The average Bonchev–Trinajstić information content (AvgIpc) is 2.36. The number of nitrogen functional groups attached to an aromatic ring is 1. The van der Waals surface area contributed by atoms with Gasteiger partial charge in [-0.1, -0.05) is 29.8 Å². The zero-order valence-corrected chi connectivity index (χ0v) is 11.2. The van der Waals surface area contributed by atoms with Crippen molar-refractivity contribution in [3.05, 3.63) is 41.5 Å². The molecule has 1 aromatic heterocycles. The van der Waals surface area contributed by atoms with Crippen LogP contribution in [0.2, 0.25) is 0 Å². The van der Waals surface area contributed by atoms with Gasteiger partial charge in [0.25, 0.3) is 0 Å². The fourth-order valence-corrected chi connectivity index (χ4v) is 1.95. The van der Waals surface area contributed by atoms with Gasteiger partial charge < -0.3 is 10.5 Å². The van der Waals surface area contributed by atoms with Crippen molar-refractivity contribution in [2.75, 3.05) is 12.0 Å². The Kier molecular flexibility index (Phi) is 4.04. The first-order chi connectivity index (χ1) is 8.67. The predicted molar refractivity (Wildman–Crippen MR) is 73.7 cm³/mol. The number of nitrogens with two attached hydrogens (primary N) is 1. The number of hydrogen-bond donors (Lipinski definition) is 1. The molecule has 2 rings (SSSR count). The van der Waals surface area contributed by atoms with Crippen LogP contribution in [0.3, 0.4) is 0 Å². The van der Waals surface area contributed by atoms with E-state index >= 15 is 0 Å². The first-order valence-electron chi connectivity index (χ1n) is 5.54. The van der Waals surface area contributed by atoms with Crippen molar-refractivity contribution in [3.63, 3.8) is 0 Å². The van der Waals surface area contributed by atoms with E-state index in [0.29, 0.717) is 18.4 Å². The van der Waals surface area contributed by atoms with Gasteiger partial charge in [0, 0.05) is 6.07 Å². The predicted octanol–water partition coefficient (Wildman–Crippen LogP) is 2.67. The van der Waals surface area contributed by atoms with E-state index in [1.807, 2.05) is 31.4 Å². The molecule has 1 heterocycles. The summed E-state index contributed by atoms with van der Waals surface area (Å²) in [6.45, 7) is 2.49. The van der Waals surface area contributed by atoms with Crippen molar-refractivity contribution in [2.45, 2.75) is 18.6 Å². The van der Waals surface area contributed by atoms with Crippen LogP contribution in [-0.2, 0) is 6.61 Å². The van der Waals surface area contributed by atoms with Crippen LogP contribution >= 0.6 is 11.8 Å². The lowest BCUT2D eigenvalue weighted by Crippen LogP contribution is -2.02. The maximum Gasteiger partial charge on any atom is 0.319 e. The summed E-state index contributed by atoms with van der Waals surface area (Å²) < 4.78 is 5.55. The molecule has 94 valence electrons. The summed E-state index contributed by atoms with van der Waals surface area (Å²) >= 11 is 1.51. The smallest absolute Gasteiger partial charge is 0.319 e. The second-order valence-corrected chi connectivity index (χ2v) is 4.72. The molecular weight excluding hydrogens is 246 g/mol. The number of aromatic nitrogens is 2. The number of ether oxygens (including phenoxy) is 1. The van der Waals surface area contributed by atoms with Crippen LogP contribution in [0.1, 0.15) is 11.1 Å². The Labute approximate surface area is 111 Å². The van der Waals surface area contributed by atoms with Crippen molar-refractivity contribution >= 4 is 17.6 Å². The lowest BCUT2D eigenvalue weighted by molar-refractivity contribution is 0.279. The van der Waals surface area contributed by atoms with Gasteiger partial charge in [-0.15, -0.1) is 11.8 Å². The zero-order chi connectivity index (χ0) is 13.0. The maximum atomic E-state index is 5.68. The molecule has 0 spiro atoms. The second kappa shape index (κ2) is 5.73. The Morgan fingerprint density at radius 1 is 1.28 bits per heavy atom. The summed E-state index contributed by atoms with van der Waals surface area (Å²) in [5, 5.41) is 0.807. The number of benzene rings is 1. The SMILES string of the molecule is CSc1cc(N)nc(OCc2cccc(C)c2)n1. The van der Waals surface area contributed by atoms with Gasteiger partial charge in [0.05, 0.1) is 0 Å². The Balaban J connectivity index is 2.08. The molecule has 0 aliphatic rings. The third-order valence-corrected chi connectivity index (χ3v) is 2.99. The standard InChI is InChI=1S/C13H15N3OS/c1-9-4-3-5-10(6-9)8-17-13-15-11(14)7-12(16-13)18-2/h3-7H,8H2,1-2H3,(H2,14,15,16). The minimum atomic E-state index is 0.320. The van der Waals surface area contributed by atoms with E-state index in [1.165, 1.54) is 17.3 Å². The van der Waals surface area contributed by atoms with Gasteiger partial charge in [0.1, 0.15) is 17.5 Å². The fourth-order valence-electron chi connectivity index (χ4n) is 1.54. The lowest BCUT2D eigenvalue weighted by Gasteiger charge is -2.07. The Hall–Kier alpha value is -1.75. The van der Waals surface area contributed by atoms with Crippen LogP contribution < -0.4 is 10.5 Å². The van der Waals surface area contributed by atoms with E-state index < -0.39 is 0 Å². The van der Waals surface area contributed by atoms with Gasteiger partial charge >= 0.3 is 6.01 Å². The Morgan fingerprint density at radius 3 is 2.83 bits per heavy atom. The molecule has 0 aliphatic heterocycles.